The molecule has 29 heavy (non-hydrogen) atoms. The average molecular weight is 413 g/mol. The third-order valence-electron chi connectivity index (χ3n) is 5.86. The SMILES string of the molecule is Cc1nc(-c2cccc(NC(=O)CN3C(=O)N[C@]4(CCCC[C@H]4C)C3=O)c2)cs1. The highest BCUT2D eigenvalue weighted by atomic mass is 32.1. The highest BCUT2D eigenvalue weighted by Gasteiger charge is 2.55. The molecule has 1 saturated carbocycles. The van der Waals surface area contributed by atoms with Crippen LogP contribution >= 0.6 is 11.3 Å². The maximum atomic E-state index is 13.0. The minimum absolute atomic E-state index is 0.0685. The minimum Gasteiger partial charge on any atom is -0.325 e. The Bertz CT molecular complexity index is 972. The molecule has 1 aromatic carbocycles. The molecule has 1 aliphatic heterocycles. The van der Waals surface area contributed by atoms with E-state index in [1.807, 2.05) is 37.4 Å². The fraction of sp³-hybridized carbons (Fsp3) is 0.429. The molecule has 2 fully saturated rings. The van der Waals surface area contributed by atoms with Crippen LogP contribution in [-0.2, 0) is 9.59 Å². The lowest BCUT2D eigenvalue weighted by Gasteiger charge is -2.36. The maximum Gasteiger partial charge on any atom is 0.325 e. The fourth-order valence-corrected chi connectivity index (χ4v) is 4.86. The summed E-state index contributed by atoms with van der Waals surface area (Å²) in [6.45, 7) is 3.64. The van der Waals surface area contributed by atoms with E-state index < -0.39 is 17.5 Å². The van der Waals surface area contributed by atoms with Crippen LogP contribution in [0.1, 0.15) is 37.6 Å². The van der Waals surface area contributed by atoms with Crippen LogP contribution in [0.25, 0.3) is 11.3 Å². The Morgan fingerprint density at radius 1 is 1.38 bits per heavy atom. The number of rotatable bonds is 4. The Hall–Kier alpha value is -2.74. The summed E-state index contributed by atoms with van der Waals surface area (Å²) in [5.41, 5.74) is 1.51. The van der Waals surface area contributed by atoms with Gasteiger partial charge in [0.2, 0.25) is 5.91 Å². The van der Waals surface area contributed by atoms with Crippen molar-refractivity contribution < 1.29 is 14.4 Å². The standard InChI is InChI=1S/C21H24N4O3S/c1-13-6-3-4-9-21(13)19(27)25(20(28)24-21)11-18(26)23-16-8-5-7-15(10-16)17-12-29-14(2)22-17/h5,7-8,10,12-13H,3-4,6,9,11H2,1-2H3,(H,23,26)(H,24,28)/t13-,21+/m1/s1. The molecule has 2 atom stereocenters. The maximum absolute atomic E-state index is 13.0. The Balaban J connectivity index is 1.45. The second-order valence-electron chi connectivity index (χ2n) is 7.82. The fourth-order valence-electron chi connectivity index (χ4n) is 4.24. The first kappa shape index (κ1) is 19.6. The number of hydrogen-bond donors (Lipinski definition) is 2. The topological polar surface area (TPSA) is 91.4 Å². The van der Waals surface area contributed by atoms with E-state index in [-0.39, 0.29) is 18.4 Å². The van der Waals surface area contributed by atoms with Gasteiger partial charge in [0, 0.05) is 16.6 Å². The van der Waals surface area contributed by atoms with E-state index in [4.69, 9.17) is 0 Å². The molecule has 1 aliphatic carbocycles. The van der Waals surface area contributed by atoms with E-state index in [2.05, 4.69) is 15.6 Å². The number of carbonyl (C=O) groups excluding carboxylic acids is 3. The number of nitrogens with one attached hydrogen (secondary N) is 2. The molecule has 1 saturated heterocycles. The van der Waals surface area contributed by atoms with Gasteiger partial charge in [0.1, 0.15) is 12.1 Å². The Morgan fingerprint density at radius 3 is 2.93 bits per heavy atom. The number of carbonyl (C=O) groups is 3. The van der Waals surface area contributed by atoms with Crippen LogP contribution in [0.3, 0.4) is 0 Å². The second-order valence-corrected chi connectivity index (χ2v) is 8.88. The Labute approximate surface area is 173 Å². The van der Waals surface area contributed by atoms with Gasteiger partial charge in [-0.2, -0.15) is 0 Å². The molecule has 8 heteroatoms. The monoisotopic (exact) mass is 412 g/mol. The second kappa shape index (κ2) is 7.59. The van der Waals surface area contributed by atoms with Crippen molar-refractivity contribution >= 4 is 34.9 Å². The lowest BCUT2D eigenvalue weighted by atomic mass is 9.73. The molecule has 4 amide bonds. The smallest absolute Gasteiger partial charge is 0.325 e. The van der Waals surface area contributed by atoms with Gasteiger partial charge in [0.15, 0.2) is 0 Å². The molecular weight excluding hydrogens is 388 g/mol. The Kier molecular flexibility index (Phi) is 5.12. The number of anilines is 1. The van der Waals surface area contributed by atoms with Gasteiger partial charge in [-0.05, 0) is 37.8 Å². The van der Waals surface area contributed by atoms with Crippen LogP contribution in [0.2, 0.25) is 0 Å². The van der Waals surface area contributed by atoms with Crippen molar-refractivity contribution in [1.29, 1.82) is 0 Å². The molecule has 0 radical (unpaired) electrons. The number of benzene rings is 1. The van der Waals surface area contributed by atoms with Gasteiger partial charge in [0.25, 0.3) is 5.91 Å². The van der Waals surface area contributed by atoms with Gasteiger partial charge in [0.05, 0.1) is 10.7 Å². The molecule has 2 aliphatic rings. The number of hydrogen-bond acceptors (Lipinski definition) is 5. The van der Waals surface area contributed by atoms with E-state index in [1.54, 1.807) is 17.4 Å². The Morgan fingerprint density at radius 2 is 2.21 bits per heavy atom. The van der Waals surface area contributed by atoms with Crippen LogP contribution in [0, 0.1) is 12.8 Å². The zero-order valence-corrected chi connectivity index (χ0v) is 17.3. The molecular formula is C21H24N4O3S. The number of amides is 4. The molecule has 2 heterocycles. The van der Waals surface area contributed by atoms with Crippen molar-refractivity contribution in [3.63, 3.8) is 0 Å². The largest absolute Gasteiger partial charge is 0.325 e. The number of thiazole rings is 1. The first-order chi connectivity index (χ1) is 13.9. The van der Waals surface area contributed by atoms with Crippen molar-refractivity contribution in [3.8, 4) is 11.3 Å². The summed E-state index contributed by atoms with van der Waals surface area (Å²) in [5, 5.41) is 8.60. The summed E-state index contributed by atoms with van der Waals surface area (Å²) < 4.78 is 0. The van der Waals surface area contributed by atoms with Gasteiger partial charge in [-0.1, -0.05) is 31.9 Å². The van der Waals surface area contributed by atoms with Gasteiger partial charge in [-0.3, -0.25) is 14.5 Å². The predicted octanol–water partition coefficient (Wildman–Crippen LogP) is 3.56. The third kappa shape index (κ3) is 3.64. The first-order valence-corrected chi connectivity index (χ1v) is 10.7. The number of aryl methyl sites for hydroxylation is 1. The van der Waals surface area contributed by atoms with Crippen LogP contribution in [0.15, 0.2) is 29.6 Å². The van der Waals surface area contributed by atoms with Gasteiger partial charge < -0.3 is 10.6 Å². The van der Waals surface area contributed by atoms with E-state index in [1.165, 1.54) is 0 Å². The lowest BCUT2D eigenvalue weighted by Crippen LogP contribution is -2.54. The summed E-state index contributed by atoms with van der Waals surface area (Å²) in [6, 6.07) is 6.90. The molecule has 0 bridgehead atoms. The molecule has 152 valence electrons. The van der Waals surface area contributed by atoms with E-state index in [0.717, 1.165) is 40.4 Å². The van der Waals surface area contributed by atoms with Crippen LogP contribution in [0.4, 0.5) is 10.5 Å². The summed E-state index contributed by atoms with van der Waals surface area (Å²) in [7, 11) is 0. The van der Waals surface area contributed by atoms with E-state index in [0.29, 0.717) is 12.1 Å². The number of aromatic nitrogens is 1. The number of imide groups is 1. The van der Waals surface area contributed by atoms with Crippen molar-refractivity contribution in [2.24, 2.45) is 5.92 Å². The molecule has 0 unspecified atom stereocenters. The number of nitrogens with zero attached hydrogens (tertiary/aromatic N) is 2. The summed E-state index contributed by atoms with van der Waals surface area (Å²) in [4.78, 5) is 43.5. The average Bonchev–Trinajstić information content (AvgIpc) is 3.22. The highest BCUT2D eigenvalue weighted by Crippen LogP contribution is 2.38. The van der Waals surface area contributed by atoms with Gasteiger partial charge in [-0.25, -0.2) is 9.78 Å². The normalized spacial score (nSPS) is 24.1. The minimum atomic E-state index is -0.849. The van der Waals surface area contributed by atoms with Gasteiger partial charge in [-0.15, -0.1) is 11.3 Å². The highest BCUT2D eigenvalue weighted by molar-refractivity contribution is 7.09. The molecule has 1 aromatic heterocycles. The van der Waals surface area contributed by atoms with Crippen LogP contribution in [-0.4, -0.2) is 39.8 Å². The zero-order valence-electron chi connectivity index (χ0n) is 16.5. The van der Waals surface area contributed by atoms with Crippen molar-refractivity contribution in [2.75, 3.05) is 11.9 Å². The lowest BCUT2D eigenvalue weighted by molar-refractivity contribution is -0.136. The molecule has 1 spiro atoms. The predicted molar refractivity (Wildman–Crippen MR) is 112 cm³/mol. The van der Waals surface area contributed by atoms with Crippen molar-refractivity contribution in [1.82, 2.24) is 15.2 Å². The molecule has 7 nitrogen and oxygen atoms in total. The van der Waals surface area contributed by atoms with Crippen molar-refractivity contribution in [2.45, 2.75) is 45.1 Å². The summed E-state index contributed by atoms with van der Waals surface area (Å²) >= 11 is 1.56. The summed E-state index contributed by atoms with van der Waals surface area (Å²) in [6.07, 6.45) is 3.49. The number of urea groups is 1. The van der Waals surface area contributed by atoms with Gasteiger partial charge >= 0.3 is 6.03 Å². The first-order valence-electron chi connectivity index (χ1n) is 9.85. The summed E-state index contributed by atoms with van der Waals surface area (Å²) in [5.74, 6) is -0.615. The molecule has 2 N–H and O–H groups in total. The van der Waals surface area contributed by atoms with E-state index >= 15 is 0 Å². The molecule has 2 aromatic rings. The van der Waals surface area contributed by atoms with Crippen LogP contribution < -0.4 is 10.6 Å². The van der Waals surface area contributed by atoms with Crippen molar-refractivity contribution in [3.05, 3.63) is 34.7 Å². The molecule has 4 rings (SSSR count). The van der Waals surface area contributed by atoms with E-state index in [9.17, 15) is 14.4 Å². The van der Waals surface area contributed by atoms with Crippen LogP contribution in [0.5, 0.6) is 0 Å². The third-order valence-corrected chi connectivity index (χ3v) is 6.64. The quantitative estimate of drug-likeness (QED) is 0.751. The zero-order chi connectivity index (χ0) is 20.6.